The lowest BCUT2D eigenvalue weighted by Gasteiger charge is -2.31. The van der Waals surface area contributed by atoms with E-state index in [0.29, 0.717) is 18.5 Å². The number of hydrogen-bond acceptors (Lipinski definition) is 6. The standard InChI is InChI=1S/C22H26Cl2N4O6S/c1-4-11-25-22(30)15(2)26(13-18-19(23)9-6-10-20(18)24)21(29)14-27(35(3,33)34)16-7-5-8-17(12-16)28(31)32/h5-10,12,15H,4,11,13-14H2,1-3H3,(H,25,30). The van der Waals surface area contributed by atoms with Gasteiger partial charge in [-0.25, -0.2) is 8.42 Å². The average molecular weight is 545 g/mol. The molecule has 0 heterocycles. The van der Waals surface area contributed by atoms with Crippen molar-refractivity contribution in [1.29, 1.82) is 0 Å². The summed E-state index contributed by atoms with van der Waals surface area (Å²) in [5.41, 5.74) is -0.00920. The number of hydrogen-bond donors (Lipinski definition) is 1. The fraction of sp³-hybridized carbons (Fsp3) is 0.364. The van der Waals surface area contributed by atoms with Crippen molar-refractivity contribution in [3.05, 3.63) is 68.2 Å². The number of anilines is 1. The second kappa shape index (κ2) is 12.2. The molecule has 2 aromatic rings. The number of sulfonamides is 1. The van der Waals surface area contributed by atoms with Crippen molar-refractivity contribution in [3.8, 4) is 0 Å². The Balaban J connectivity index is 2.47. The van der Waals surface area contributed by atoms with Crippen LogP contribution in [0, 0.1) is 10.1 Å². The second-order valence-corrected chi connectivity index (χ2v) is 10.5. The Morgan fingerprint density at radius 3 is 2.29 bits per heavy atom. The third kappa shape index (κ3) is 7.55. The molecule has 0 aromatic heterocycles. The lowest BCUT2D eigenvalue weighted by Crippen LogP contribution is -2.51. The minimum absolute atomic E-state index is 0.0612. The quantitative estimate of drug-likeness (QED) is 0.339. The van der Waals surface area contributed by atoms with Crippen LogP contribution in [0.25, 0.3) is 0 Å². The van der Waals surface area contributed by atoms with E-state index in [9.17, 15) is 28.1 Å². The molecule has 0 spiro atoms. The zero-order chi connectivity index (χ0) is 26.3. The molecule has 0 aliphatic heterocycles. The maximum atomic E-state index is 13.5. The Kier molecular flexibility index (Phi) is 9.87. The van der Waals surface area contributed by atoms with Crippen molar-refractivity contribution in [2.24, 2.45) is 0 Å². The summed E-state index contributed by atoms with van der Waals surface area (Å²) >= 11 is 12.5. The molecule has 1 unspecified atom stereocenters. The summed E-state index contributed by atoms with van der Waals surface area (Å²) in [6, 6.07) is 8.72. The van der Waals surface area contributed by atoms with Gasteiger partial charge in [-0.05, 0) is 31.5 Å². The largest absolute Gasteiger partial charge is 0.354 e. The number of nitrogens with zero attached hydrogens (tertiary/aromatic N) is 3. The zero-order valence-electron chi connectivity index (χ0n) is 19.4. The van der Waals surface area contributed by atoms with Gasteiger partial charge in [-0.2, -0.15) is 0 Å². The normalized spacial score (nSPS) is 12.0. The SMILES string of the molecule is CCCNC(=O)C(C)N(Cc1c(Cl)cccc1Cl)C(=O)CN(c1cccc([N+](=O)[O-])c1)S(C)(=O)=O. The Morgan fingerprint density at radius 1 is 1.14 bits per heavy atom. The molecule has 0 saturated carbocycles. The summed E-state index contributed by atoms with van der Waals surface area (Å²) in [7, 11) is -4.03. The van der Waals surface area contributed by atoms with E-state index in [-0.39, 0.29) is 28.0 Å². The molecule has 2 amide bonds. The fourth-order valence-electron chi connectivity index (χ4n) is 3.21. The van der Waals surface area contributed by atoms with E-state index in [2.05, 4.69) is 5.32 Å². The molecule has 0 aliphatic rings. The molecule has 0 bridgehead atoms. The molecule has 0 aliphatic carbocycles. The van der Waals surface area contributed by atoms with Gasteiger partial charge in [0, 0.05) is 40.8 Å². The Hall–Kier alpha value is -2.89. The highest BCUT2D eigenvalue weighted by molar-refractivity contribution is 7.92. The first kappa shape index (κ1) is 28.3. The van der Waals surface area contributed by atoms with Gasteiger partial charge in [0.1, 0.15) is 12.6 Å². The van der Waals surface area contributed by atoms with E-state index >= 15 is 0 Å². The average Bonchev–Trinajstić information content (AvgIpc) is 2.79. The maximum Gasteiger partial charge on any atom is 0.271 e. The van der Waals surface area contributed by atoms with Gasteiger partial charge in [0.25, 0.3) is 5.69 Å². The van der Waals surface area contributed by atoms with Crippen LogP contribution in [0.1, 0.15) is 25.8 Å². The molecular formula is C22H26Cl2N4O6S. The summed E-state index contributed by atoms with van der Waals surface area (Å²) in [5.74, 6) is -1.17. The van der Waals surface area contributed by atoms with Crippen molar-refractivity contribution in [3.63, 3.8) is 0 Å². The number of carbonyl (C=O) groups is 2. The Bertz CT molecular complexity index is 1190. The molecule has 2 rings (SSSR count). The van der Waals surface area contributed by atoms with Gasteiger partial charge in [-0.15, -0.1) is 0 Å². The highest BCUT2D eigenvalue weighted by Gasteiger charge is 2.31. The summed E-state index contributed by atoms with van der Waals surface area (Å²) in [5, 5.41) is 14.4. The molecule has 13 heteroatoms. The lowest BCUT2D eigenvalue weighted by atomic mass is 10.1. The zero-order valence-corrected chi connectivity index (χ0v) is 21.7. The molecule has 2 aromatic carbocycles. The molecular weight excluding hydrogens is 519 g/mol. The van der Waals surface area contributed by atoms with Gasteiger partial charge in [-0.3, -0.25) is 24.0 Å². The number of nitro benzene ring substituents is 1. The van der Waals surface area contributed by atoms with Crippen LogP contribution in [0.2, 0.25) is 10.0 Å². The molecule has 35 heavy (non-hydrogen) atoms. The Labute approximate surface area is 214 Å². The van der Waals surface area contributed by atoms with E-state index in [0.717, 1.165) is 16.6 Å². The summed E-state index contributed by atoms with van der Waals surface area (Å²) in [6.45, 7) is 2.91. The molecule has 1 atom stereocenters. The van der Waals surface area contributed by atoms with Crippen LogP contribution < -0.4 is 9.62 Å². The molecule has 190 valence electrons. The first-order valence-corrected chi connectivity index (χ1v) is 13.2. The summed E-state index contributed by atoms with van der Waals surface area (Å²) in [4.78, 5) is 37.8. The second-order valence-electron chi connectivity index (χ2n) is 7.74. The predicted molar refractivity (Wildman–Crippen MR) is 135 cm³/mol. The number of carbonyl (C=O) groups excluding carboxylic acids is 2. The van der Waals surface area contributed by atoms with E-state index in [1.807, 2.05) is 6.92 Å². The van der Waals surface area contributed by atoms with Crippen LogP contribution in [0.5, 0.6) is 0 Å². The van der Waals surface area contributed by atoms with E-state index in [4.69, 9.17) is 23.2 Å². The first-order valence-electron chi connectivity index (χ1n) is 10.6. The number of nitro groups is 1. The monoisotopic (exact) mass is 544 g/mol. The molecule has 0 fully saturated rings. The van der Waals surface area contributed by atoms with Gasteiger partial charge >= 0.3 is 0 Å². The minimum atomic E-state index is -4.03. The fourth-order valence-corrected chi connectivity index (χ4v) is 4.57. The third-order valence-electron chi connectivity index (χ3n) is 5.11. The van der Waals surface area contributed by atoms with E-state index in [1.165, 1.54) is 30.0 Å². The van der Waals surface area contributed by atoms with Crippen LogP contribution >= 0.6 is 23.2 Å². The number of rotatable bonds is 11. The van der Waals surface area contributed by atoms with Crippen molar-refractivity contribution in [2.45, 2.75) is 32.9 Å². The van der Waals surface area contributed by atoms with Gasteiger partial charge in [0.05, 0.1) is 16.9 Å². The number of halogens is 2. The highest BCUT2D eigenvalue weighted by Crippen LogP contribution is 2.28. The Morgan fingerprint density at radius 2 is 1.74 bits per heavy atom. The van der Waals surface area contributed by atoms with Crippen molar-refractivity contribution in [2.75, 3.05) is 23.7 Å². The van der Waals surface area contributed by atoms with Crippen LogP contribution in [-0.2, 0) is 26.2 Å². The van der Waals surface area contributed by atoms with Crippen LogP contribution in [0.4, 0.5) is 11.4 Å². The molecule has 0 saturated heterocycles. The number of amides is 2. The van der Waals surface area contributed by atoms with Crippen LogP contribution in [0.15, 0.2) is 42.5 Å². The lowest BCUT2D eigenvalue weighted by molar-refractivity contribution is -0.384. The van der Waals surface area contributed by atoms with Crippen molar-refractivity contribution in [1.82, 2.24) is 10.2 Å². The van der Waals surface area contributed by atoms with Crippen molar-refractivity contribution >= 4 is 56.4 Å². The molecule has 0 radical (unpaired) electrons. The minimum Gasteiger partial charge on any atom is -0.354 e. The van der Waals surface area contributed by atoms with Crippen molar-refractivity contribution < 1.29 is 22.9 Å². The van der Waals surface area contributed by atoms with Crippen LogP contribution in [-0.4, -0.2) is 55.4 Å². The van der Waals surface area contributed by atoms with Gasteiger partial charge in [0.2, 0.25) is 21.8 Å². The topological polar surface area (TPSA) is 130 Å². The van der Waals surface area contributed by atoms with Gasteiger partial charge < -0.3 is 10.2 Å². The van der Waals surface area contributed by atoms with Gasteiger partial charge in [0.15, 0.2) is 0 Å². The summed E-state index contributed by atoms with van der Waals surface area (Å²) in [6.07, 6.45) is 1.56. The molecule has 10 nitrogen and oxygen atoms in total. The third-order valence-corrected chi connectivity index (χ3v) is 6.96. The molecule has 1 N–H and O–H groups in total. The summed E-state index contributed by atoms with van der Waals surface area (Å²) < 4.78 is 25.8. The van der Waals surface area contributed by atoms with E-state index < -0.39 is 39.3 Å². The van der Waals surface area contributed by atoms with E-state index in [1.54, 1.807) is 18.2 Å². The predicted octanol–water partition coefficient (Wildman–Crippen LogP) is 3.61. The highest BCUT2D eigenvalue weighted by atomic mass is 35.5. The number of benzene rings is 2. The smallest absolute Gasteiger partial charge is 0.271 e. The van der Waals surface area contributed by atoms with Gasteiger partial charge in [-0.1, -0.05) is 42.3 Å². The number of non-ortho nitro benzene ring substituents is 1. The number of nitrogens with one attached hydrogen (secondary N) is 1. The maximum absolute atomic E-state index is 13.5. The first-order chi connectivity index (χ1) is 16.4. The van der Waals surface area contributed by atoms with Crippen LogP contribution in [0.3, 0.4) is 0 Å².